The second kappa shape index (κ2) is 2.17. The van der Waals surface area contributed by atoms with Crippen molar-refractivity contribution in [2.45, 2.75) is 31.0 Å². The Kier molecular flexibility index (Phi) is 1.42. The lowest BCUT2D eigenvalue weighted by Crippen LogP contribution is -2.43. The van der Waals surface area contributed by atoms with Crippen LogP contribution in [0, 0.1) is 0 Å². The molecule has 4 unspecified atom stereocenters. The summed E-state index contributed by atoms with van der Waals surface area (Å²) >= 11 is 0. The van der Waals surface area contributed by atoms with Gasteiger partial charge in [-0.2, -0.15) is 0 Å². The molecule has 0 aromatic rings. The van der Waals surface area contributed by atoms with Gasteiger partial charge in [0.15, 0.2) is 6.29 Å². The van der Waals surface area contributed by atoms with Gasteiger partial charge in [0, 0.05) is 6.42 Å². The maximum atomic E-state index is 9.16. The predicted molar refractivity (Wildman–Crippen MR) is 31.2 cm³/mol. The van der Waals surface area contributed by atoms with Crippen molar-refractivity contribution in [1.29, 1.82) is 0 Å². The second-order valence-corrected chi connectivity index (χ2v) is 2.75. The van der Waals surface area contributed by atoms with E-state index in [1.807, 2.05) is 0 Å². The smallest absolute Gasteiger partial charge is 0.186 e. The monoisotopic (exact) mass is 146 g/mol. The predicted octanol–water partition coefficient (Wildman–Crippen LogP) is -1.15. The van der Waals surface area contributed by atoms with Gasteiger partial charge >= 0.3 is 0 Å². The molecule has 2 aliphatic rings. The van der Waals surface area contributed by atoms with E-state index in [0.29, 0.717) is 13.0 Å². The zero-order valence-electron chi connectivity index (χ0n) is 5.43. The molecule has 2 bridgehead atoms. The van der Waals surface area contributed by atoms with Crippen LogP contribution in [0.3, 0.4) is 0 Å². The van der Waals surface area contributed by atoms with E-state index in [2.05, 4.69) is 0 Å². The molecule has 0 amide bonds. The van der Waals surface area contributed by atoms with Crippen LogP contribution in [0.5, 0.6) is 0 Å². The summed E-state index contributed by atoms with van der Waals surface area (Å²) in [6.45, 7) is 0.499. The maximum absolute atomic E-state index is 9.16. The minimum Gasteiger partial charge on any atom is -0.390 e. The number of hydrogen-bond acceptors (Lipinski definition) is 4. The first-order chi connectivity index (χ1) is 4.77. The topological polar surface area (TPSA) is 58.9 Å². The molecule has 2 saturated heterocycles. The van der Waals surface area contributed by atoms with Crippen LogP contribution < -0.4 is 0 Å². The molecule has 4 atom stereocenters. The van der Waals surface area contributed by atoms with Crippen LogP contribution in [0.1, 0.15) is 6.42 Å². The van der Waals surface area contributed by atoms with Gasteiger partial charge < -0.3 is 19.7 Å². The third-order valence-electron chi connectivity index (χ3n) is 1.95. The summed E-state index contributed by atoms with van der Waals surface area (Å²) in [5.74, 6) is 0. The highest BCUT2D eigenvalue weighted by atomic mass is 16.7. The van der Waals surface area contributed by atoms with Gasteiger partial charge in [-0.25, -0.2) is 0 Å². The summed E-state index contributed by atoms with van der Waals surface area (Å²) in [6, 6.07) is 0. The van der Waals surface area contributed by atoms with Crippen LogP contribution >= 0.6 is 0 Å². The second-order valence-electron chi connectivity index (χ2n) is 2.75. The van der Waals surface area contributed by atoms with Gasteiger partial charge in [-0.15, -0.1) is 0 Å². The number of ether oxygens (including phenoxy) is 2. The van der Waals surface area contributed by atoms with Crippen LogP contribution in [0.15, 0.2) is 0 Å². The molecule has 10 heavy (non-hydrogen) atoms. The Morgan fingerprint density at radius 3 is 2.90 bits per heavy atom. The molecule has 0 aromatic carbocycles. The Morgan fingerprint density at radius 1 is 1.30 bits per heavy atom. The molecule has 2 aliphatic heterocycles. The maximum Gasteiger partial charge on any atom is 0.186 e. The van der Waals surface area contributed by atoms with E-state index >= 15 is 0 Å². The van der Waals surface area contributed by atoms with Gasteiger partial charge in [-0.05, 0) is 0 Å². The fourth-order valence-electron chi connectivity index (χ4n) is 1.36. The highest BCUT2D eigenvalue weighted by Crippen LogP contribution is 2.26. The molecule has 4 heteroatoms. The van der Waals surface area contributed by atoms with Gasteiger partial charge in [0.2, 0.25) is 0 Å². The van der Waals surface area contributed by atoms with E-state index in [0.717, 1.165) is 0 Å². The molecule has 0 aliphatic carbocycles. The van der Waals surface area contributed by atoms with Crippen molar-refractivity contribution < 1.29 is 19.7 Å². The zero-order chi connectivity index (χ0) is 7.14. The fourth-order valence-corrected chi connectivity index (χ4v) is 1.36. The molecule has 2 rings (SSSR count). The van der Waals surface area contributed by atoms with Crippen LogP contribution in [0.2, 0.25) is 0 Å². The minimum atomic E-state index is -0.862. The molecule has 0 aromatic heterocycles. The quantitative estimate of drug-likeness (QED) is 0.453. The average Bonchev–Trinajstić information content (AvgIpc) is 2.29. The molecule has 4 nitrogen and oxygen atoms in total. The van der Waals surface area contributed by atoms with E-state index < -0.39 is 18.5 Å². The van der Waals surface area contributed by atoms with Gasteiger partial charge in [-0.1, -0.05) is 0 Å². The average molecular weight is 146 g/mol. The van der Waals surface area contributed by atoms with Gasteiger partial charge in [0.05, 0.1) is 18.8 Å². The molecule has 2 N–H and O–H groups in total. The standard InChI is InChI=1S/C6H10O4/c7-4-1-3-2-9-6(10-3)5(4)8/h3-8H,1-2H2. The van der Waals surface area contributed by atoms with Crippen LogP contribution in [0.25, 0.3) is 0 Å². The van der Waals surface area contributed by atoms with Crippen LogP contribution in [0.4, 0.5) is 0 Å². The Bertz CT molecular complexity index is 138. The number of aliphatic hydroxyl groups excluding tert-OH is 2. The van der Waals surface area contributed by atoms with E-state index in [4.69, 9.17) is 19.7 Å². The lowest BCUT2D eigenvalue weighted by atomic mass is 10.1. The molecule has 58 valence electrons. The summed E-state index contributed by atoms with van der Waals surface area (Å²) in [5.41, 5.74) is 0. The Balaban J connectivity index is 2.09. The third-order valence-corrected chi connectivity index (χ3v) is 1.95. The van der Waals surface area contributed by atoms with E-state index in [1.165, 1.54) is 0 Å². The lowest BCUT2D eigenvalue weighted by Gasteiger charge is -2.27. The molecule has 2 heterocycles. The number of fused-ring (bicyclic) bond motifs is 2. The van der Waals surface area contributed by atoms with E-state index in [9.17, 15) is 0 Å². The van der Waals surface area contributed by atoms with Crippen LogP contribution in [-0.4, -0.2) is 41.4 Å². The van der Waals surface area contributed by atoms with Crippen molar-refractivity contribution in [3.63, 3.8) is 0 Å². The molecule has 0 saturated carbocycles. The van der Waals surface area contributed by atoms with E-state index in [1.54, 1.807) is 0 Å². The summed E-state index contributed by atoms with van der Waals surface area (Å²) in [6.07, 6.45) is -1.65. The normalized spacial score (nSPS) is 53.4. The van der Waals surface area contributed by atoms with Gasteiger partial charge in [0.25, 0.3) is 0 Å². The molecule has 2 fully saturated rings. The molecule has 0 radical (unpaired) electrons. The minimum absolute atomic E-state index is 0.0107. The third kappa shape index (κ3) is 0.845. The van der Waals surface area contributed by atoms with Gasteiger partial charge in [0.1, 0.15) is 6.10 Å². The summed E-state index contributed by atoms with van der Waals surface area (Å²) in [5, 5.41) is 18.3. The van der Waals surface area contributed by atoms with Crippen molar-refractivity contribution in [3.05, 3.63) is 0 Å². The largest absolute Gasteiger partial charge is 0.390 e. The Hall–Kier alpha value is -0.160. The first kappa shape index (κ1) is 6.54. The first-order valence-corrected chi connectivity index (χ1v) is 3.40. The fraction of sp³-hybridized carbons (Fsp3) is 1.00. The van der Waals surface area contributed by atoms with Gasteiger partial charge in [-0.3, -0.25) is 0 Å². The SMILES string of the molecule is OC1CC2COC(O2)C1O. The summed E-state index contributed by atoms with van der Waals surface area (Å²) < 4.78 is 10.2. The Labute approximate surface area is 58.4 Å². The van der Waals surface area contributed by atoms with Crippen LogP contribution in [-0.2, 0) is 9.47 Å². The van der Waals surface area contributed by atoms with Crippen molar-refractivity contribution >= 4 is 0 Å². The van der Waals surface area contributed by atoms with Crippen molar-refractivity contribution in [2.24, 2.45) is 0 Å². The summed E-state index contributed by atoms with van der Waals surface area (Å²) in [7, 11) is 0. The van der Waals surface area contributed by atoms with Crippen molar-refractivity contribution in [1.82, 2.24) is 0 Å². The first-order valence-electron chi connectivity index (χ1n) is 3.40. The van der Waals surface area contributed by atoms with Crippen molar-refractivity contribution in [2.75, 3.05) is 6.61 Å². The molecule has 0 spiro atoms. The molecular formula is C6H10O4. The zero-order valence-corrected chi connectivity index (χ0v) is 5.43. The lowest BCUT2D eigenvalue weighted by molar-refractivity contribution is -0.192. The van der Waals surface area contributed by atoms with E-state index in [-0.39, 0.29) is 6.10 Å². The highest BCUT2D eigenvalue weighted by molar-refractivity contribution is 4.85. The Morgan fingerprint density at radius 2 is 2.10 bits per heavy atom. The number of hydrogen-bond donors (Lipinski definition) is 2. The number of rotatable bonds is 0. The highest BCUT2D eigenvalue weighted by Gasteiger charge is 2.42. The molecular weight excluding hydrogens is 136 g/mol. The summed E-state index contributed by atoms with van der Waals surface area (Å²) in [4.78, 5) is 0. The van der Waals surface area contributed by atoms with Crippen molar-refractivity contribution in [3.8, 4) is 0 Å². The number of aliphatic hydroxyl groups is 2.